The fourth-order valence-corrected chi connectivity index (χ4v) is 2.47. The molecular weight excluding hydrogens is 264 g/mol. The van der Waals surface area contributed by atoms with Crippen LogP contribution in [0.3, 0.4) is 0 Å². The summed E-state index contributed by atoms with van der Waals surface area (Å²) in [6.07, 6.45) is 1.80. The fraction of sp³-hybridized carbons (Fsp3) is 0.333. The first kappa shape index (κ1) is 15.2. The van der Waals surface area contributed by atoms with Crippen LogP contribution in [0.15, 0.2) is 42.5 Å². The summed E-state index contributed by atoms with van der Waals surface area (Å²) < 4.78 is 0. The van der Waals surface area contributed by atoms with E-state index in [2.05, 4.69) is 13.8 Å². The van der Waals surface area contributed by atoms with Crippen LogP contribution in [0.4, 0.5) is 0 Å². The highest BCUT2D eigenvalue weighted by Gasteiger charge is 2.14. The molecule has 0 aromatic heterocycles. The second-order valence-corrected chi connectivity index (χ2v) is 5.85. The molecule has 3 N–H and O–H groups in total. The molecule has 0 aliphatic carbocycles. The second kappa shape index (κ2) is 6.53. The Morgan fingerprint density at radius 1 is 0.714 bits per heavy atom. The lowest BCUT2D eigenvalue weighted by molar-refractivity contribution is 0.379. The molecule has 0 spiro atoms. The molecule has 2 aromatic carbocycles. The zero-order valence-electron chi connectivity index (χ0n) is 12.5. The Labute approximate surface area is 125 Å². The molecule has 2 aromatic rings. The normalized spacial score (nSPS) is 13.8. The highest BCUT2D eigenvalue weighted by molar-refractivity contribution is 5.40. The number of aromatic hydroxyl groups is 3. The lowest BCUT2D eigenvalue weighted by Gasteiger charge is -2.20. The summed E-state index contributed by atoms with van der Waals surface area (Å²) in [7, 11) is 0. The maximum Gasteiger partial charge on any atom is 0.157 e. The molecule has 2 atom stereocenters. The number of phenols is 3. The molecule has 3 nitrogen and oxygen atoms in total. The third kappa shape index (κ3) is 4.15. The van der Waals surface area contributed by atoms with E-state index in [1.54, 1.807) is 18.2 Å². The van der Waals surface area contributed by atoms with Gasteiger partial charge in [-0.15, -0.1) is 0 Å². The van der Waals surface area contributed by atoms with Crippen molar-refractivity contribution in [3.05, 3.63) is 53.6 Å². The minimum Gasteiger partial charge on any atom is -0.508 e. The van der Waals surface area contributed by atoms with Gasteiger partial charge in [-0.05, 0) is 60.1 Å². The molecule has 0 radical (unpaired) electrons. The Hall–Kier alpha value is -2.16. The molecule has 0 fully saturated rings. The van der Waals surface area contributed by atoms with Crippen LogP contribution in [0, 0.1) is 11.8 Å². The number of benzene rings is 2. The quantitative estimate of drug-likeness (QED) is 0.731. The minimum absolute atomic E-state index is 0.0640. The lowest BCUT2D eigenvalue weighted by atomic mass is 9.85. The number of hydrogen-bond donors (Lipinski definition) is 3. The van der Waals surface area contributed by atoms with Gasteiger partial charge in [0.15, 0.2) is 11.5 Å². The van der Waals surface area contributed by atoms with E-state index in [-0.39, 0.29) is 11.5 Å². The van der Waals surface area contributed by atoms with Gasteiger partial charge in [-0.2, -0.15) is 0 Å². The molecule has 21 heavy (non-hydrogen) atoms. The molecule has 0 aliphatic heterocycles. The Morgan fingerprint density at radius 2 is 1.24 bits per heavy atom. The number of rotatable bonds is 5. The van der Waals surface area contributed by atoms with Crippen LogP contribution in [0.25, 0.3) is 0 Å². The minimum atomic E-state index is -0.0801. The molecule has 0 heterocycles. The molecule has 0 saturated carbocycles. The maximum atomic E-state index is 9.54. The van der Waals surface area contributed by atoms with E-state index in [1.165, 1.54) is 11.6 Å². The largest absolute Gasteiger partial charge is 0.508 e. The standard InChI is InChI=1S/C18H22O3/c1-12(9-14-3-6-16(19)7-4-14)13(2)10-15-5-8-17(20)18(21)11-15/h3-8,11-13,19-21H,9-10H2,1-2H3/t12-,13+/m1/s1. The summed E-state index contributed by atoms with van der Waals surface area (Å²) in [4.78, 5) is 0. The van der Waals surface area contributed by atoms with Crippen molar-refractivity contribution in [1.82, 2.24) is 0 Å². The van der Waals surface area contributed by atoms with Crippen LogP contribution < -0.4 is 0 Å². The van der Waals surface area contributed by atoms with Gasteiger partial charge in [0.25, 0.3) is 0 Å². The zero-order chi connectivity index (χ0) is 15.4. The third-order valence-corrected chi connectivity index (χ3v) is 4.06. The first-order valence-electron chi connectivity index (χ1n) is 7.24. The van der Waals surface area contributed by atoms with Crippen LogP contribution >= 0.6 is 0 Å². The van der Waals surface area contributed by atoms with Gasteiger partial charge in [-0.1, -0.05) is 32.0 Å². The van der Waals surface area contributed by atoms with Crippen molar-refractivity contribution in [1.29, 1.82) is 0 Å². The summed E-state index contributed by atoms with van der Waals surface area (Å²) in [6.45, 7) is 4.40. The highest BCUT2D eigenvalue weighted by atomic mass is 16.3. The molecule has 0 amide bonds. The van der Waals surface area contributed by atoms with E-state index in [0.717, 1.165) is 18.4 Å². The number of hydrogen-bond acceptors (Lipinski definition) is 3. The Balaban J connectivity index is 1.97. The Kier molecular flexibility index (Phi) is 4.73. The average molecular weight is 286 g/mol. The van der Waals surface area contributed by atoms with Gasteiger partial charge in [0.1, 0.15) is 5.75 Å². The van der Waals surface area contributed by atoms with Gasteiger partial charge in [0.2, 0.25) is 0 Å². The average Bonchev–Trinajstić information content (AvgIpc) is 2.45. The van der Waals surface area contributed by atoms with Gasteiger partial charge in [-0.25, -0.2) is 0 Å². The molecule has 0 saturated heterocycles. The molecule has 0 bridgehead atoms. The maximum absolute atomic E-state index is 9.54. The summed E-state index contributed by atoms with van der Waals surface area (Å²) in [5, 5.41) is 28.2. The predicted octanol–water partition coefficient (Wildman–Crippen LogP) is 3.86. The van der Waals surface area contributed by atoms with E-state index in [0.29, 0.717) is 17.6 Å². The van der Waals surface area contributed by atoms with Crippen molar-refractivity contribution < 1.29 is 15.3 Å². The van der Waals surface area contributed by atoms with E-state index >= 15 is 0 Å². The van der Waals surface area contributed by atoms with Crippen molar-refractivity contribution in [2.24, 2.45) is 11.8 Å². The van der Waals surface area contributed by atoms with Crippen LogP contribution in [0.1, 0.15) is 25.0 Å². The van der Waals surface area contributed by atoms with E-state index < -0.39 is 0 Å². The Bertz CT molecular complexity index is 590. The first-order valence-corrected chi connectivity index (χ1v) is 7.24. The molecule has 112 valence electrons. The molecule has 0 unspecified atom stereocenters. The van der Waals surface area contributed by atoms with Crippen LogP contribution in [0.2, 0.25) is 0 Å². The van der Waals surface area contributed by atoms with Gasteiger partial charge in [0.05, 0.1) is 0 Å². The van der Waals surface area contributed by atoms with Crippen LogP contribution in [-0.2, 0) is 12.8 Å². The van der Waals surface area contributed by atoms with Gasteiger partial charge in [0, 0.05) is 0 Å². The van der Waals surface area contributed by atoms with Gasteiger partial charge in [-0.3, -0.25) is 0 Å². The molecule has 3 heteroatoms. The third-order valence-electron chi connectivity index (χ3n) is 4.06. The van der Waals surface area contributed by atoms with Crippen molar-refractivity contribution in [2.45, 2.75) is 26.7 Å². The Morgan fingerprint density at radius 3 is 1.81 bits per heavy atom. The fourth-order valence-electron chi connectivity index (χ4n) is 2.47. The van der Waals surface area contributed by atoms with Crippen LogP contribution in [0.5, 0.6) is 17.2 Å². The summed E-state index contributed by atoms with van der Waals surface area (Å²) in [6, 6.07) is 12.3. The smallest absolute Gasteiger partial charge is 0.157 e. The highest BCUT2D eigenvalue weighted by Crippen LogP contribution is 2.28. The van der Waals surface area contributed by atoms with E-state index in [1.807, 2.05) is 18.2 Å². The van der Waals surface area contributed by atoms with E-state index in [9.17, 15) is 15.3 Å². The summed E-state index contributed by atoms with van der Waals surface area (Å²) in [5.41, 5.74) is 2.23. The molecule has 0 aliphatic rings. The van der Waals surface area contributed by atoms with Gasteiger partial charge < -0.3 is 15.3 Å². The van der Waals surface area contributed by atoms with Crippen molar-refractivity contribution in [3.63, 3.8) is 0 Å². The first-order chi connectivity index (χ1) is 9.95. The second-order valence-electron chi connectivity index (χ2n) is 5.85. The van der Waals surface area contributed by atoms with Crippen molar-refractivity contribution >= 4 is 0 Å². The predicted molar refractivity (Wildman–Crippen MR) is 83.6 cm³/mol. The van der Waals surface area contributed by atoms with E-state index in [4.69, 9.17) is 0 Å². The zero-order valence-corrected chi connectivity index (χ0v) is 12.5. The van der Waals surface area contributed by atoms with Crippen molar-refractivity contribution in [2.75, 3.05) is 0 Å². The topological polar surface area (TPSA) is 60.7 Å². The monoisotopic (exact) mass is 286 g/mol. The lowest BCUT2D eigenvalue weighted by Crippen LogP contribution is -2.13. The molecule has 2 rings (SSSR count). The van der Waals surface area contributed by atoms with Gasteiger partial charge >= 0.3 is 0 Å². The summed E-state index contributed by atoms with van der Waals surface area (Å²) in [5.74, 6) is 1.07. The molecular formula is C18H22O3. The number of phenolic OH excluding ortho intramolecular Hbond substituents is 3. The summed E-state index contributed by atoms with van der Waals surface area (Å²) >= 11 is 0. The van der Waals surface area contributed by atoms with Crippen molar-refractivity contribution in [3.8, 4) is 17.2 Å². The SMILES string of the molecule is C[C@H](Cc1ccc(O)cc1)[C@@H](C)Cc1ccc(O)c(O)c1. The van der Waals surface area contributed by atoms with Crippen LogP contribution in [-0.4, -0.2) is 15.3 Å².